The van der Waals surface area contributed by atoms with Crippen LogP contribution in [0, 0.1) is 40.2 Å². The molecule has 0 aliphatic heterocycles. The van der Waals surface area contributed by atoms with E-state index < -0.39 is 17.6 Å². The van der Waals surface area contributed by atoms with E-state index in [-0.39, 0.29) is 21.7 Å². The van der Waals surface area contributed by atoms with Gasteiger partial charge in [0.15, 0.2) is 11.6 Å². The Labute approximate surface area is 208 Å². The maximum atomic E-state index is 13.4. The number of halogens is 5. The standard InChI is InChI=1S/C12H6ClFN2O.C7H5NO.C5H2ClF2N/c13-9-5-11(14)12(16-7-9)17-10-3-1-8(6-15)2-4-10;8-5-6-1-3-7(9)4-2-6;6-3-1-4(7)5(8)9-2-3/h1-5,7H;1-4,9H;1-2H. The monoisotopic (exact) mass is 516 g/mol. The number of ether oxygens (including phenoxy) is 1. The number of nitrogens with zero attached hydrogens (tertiary/aromatic N) is 4. The fourth-order valence-electron chi connectivity index (χ4n) is 2.12. The summed E-state index contributed by atoms with van der Waals surface area (Å²) in [6.45, 7) is 0. The van der Waals surface area contributed by atoms with Crippen molar-refractivity contribution in [3.63, 3.8) is 0 Å². The highest BCUT2D eigenvalue weighted by Crippen LogP contribution is 2.24. The van der Waals surface area contributed by atoms with Crippen LogP contribution in [0.1, 0.15) is 11.1 Å². The van der Waals surface area contributed by atoms with Crippen molar-refractivity contribution in [1.29, 1.82) is 10.5 Å². The highest BCUT2D eigenvalue weighted by molar-refractivity contribution is 6.30. The van der Waals surface area contributed by atoms with E-state index in [2.05, 4.69) is 9.97 Å². The van der Waals surface area contributed by atoms with Gasteiger partial charge in [0.25, 0.3) is 5.88 Å². The van der Waals surface area contributed by atoms with Crippen LogP contribution < -0.4 is 4.74 Å². The maximum Gasteiger partial charge on any atom is 0.255 e. The molecule has 0 saturated carbocycles. The number of rotatable bonds is 2. The predicted molar refractivity (Wildman–Crippen MR) is 122 cm³/mol. The first-order valence-electron chi connectivity index (χ1n) is 9.36. The molecule has 1 N–H and O–H groups in total. The third-order valence-electron chi connectivity index (χ3n) is 3.73. The maximum absolute atomic E-state index is 13.4. The van der Waals surface area contributed by atoms with Gasteiger partial charge in [0, 0.05) is 12.4 Å². The van der Waals surface area contributed by atoms with Gasteiger partial charge in [0.2, 0.25) is 5.95 Å². The van der Waals surface area contributed by atoms with Gasteiger partial charge >= 0.3 is 0 Å². The second-order valence-electron chi connectivity index (χ2n) is 6.26. The highest BCUT2D eigenvalue weighted by atomic mass is 35.5. The van der Waals surface area contributed by atoms with E-state index in [4.69, 9.17) is 43.6 Å². The molecule has 35 heavy (non-hydrogen) atoms. The summed E-state index contributed by atoms with van der Waals surface area (Å²) in [7, 11) is 0. The first-order chi connectivity index (χ1) is 16.7. The minimum absolute atomic E-state index is 0.0916. The van der Waals surface area contributed by atoms with Crippen LogP contribution in [0.4, 0.5) is 13.2 Å². The van der Waals surface area contributed by atoms with E-state index in [1.54, 1.807) is 36.4 Å². The van der Waals surface area contributed by atoms with Gasteiger partial charge in [-0.3, -0.25) is 0 Å². The molecule has 176 valence electrons. The van der Waals surface area contributed by atoms with Gasteiger partial charge in [-0.05, 0) is 60.7 Å². The van der Waals surface area contributed by atoms with E-state index in [0.717, 1.165) is 18.3 Å². The molecule has 0 radical (unpaired) electrons. The van der Waals surface area contributed by atoms with Gasteiger partial charge in [0.1, 0.15) is 11.5 Å². The van der Waals surface area contributed by atoms with Gasteiger partial charge in [-0.2, -0.15) is 14.9 Å². The van der Waals surface area contributed by atoms with Gasteiger partial charge in [-0.1, -0.05) is 23.2 Å². The van der Waals surface area contributed by atoms with Crippen LogP contribution in [0.5, 0.6) is 17.4 Å². The molecule has 2 aromatic carbocycles. The molecule has 11 heteroatoms. The van der Waals surface area contributed by atoms with Crippen molar-refractivity contribution < 1.29 is 23.0 Å². The van der Waals surface area contributed by atoms with E-state index >= 15 is 0 Å². The van der Waals surface area contributed by atoms with Crippen LogP contribution in [0.25, 0.3) is 0 Å². The van der Waals surface area contributed by atoms with E-state index in [1.807, 2.05) is 12.1 Å². The average Bonchev–Trinajstić information content (AvgIpc) is 2.85. The van der Waals surface area contributed by atoms with Crippen molar-refractivity contribution >= 4 is 23.2 Å². The lowest BCUT2D eigenvalue weighted by Crippen LogP contribution is -1.91. The summed E-state index contributed by atoms with van der Waals surface area (Å²) in [5.41, 5.74) is 1.06. The molecule has 4 aromatic rings. The molecule has 0 fully saturated rings. The zero-order valence-electron chi connectivity index (χ0n) is 17.5. The smallest absolute Gasteiger partial charge is 0.255 e. The number of phenolic OH excluding ortho intramolecular Hbond substituents is 1. The summed E-state index contributed by atoms with van der Waals surface area (Å²) in [5.74, 6) is -2.35. The first kappa shape index (κ1) is 26.9. The fourth-order valence-corrected chi connectivity index (χ4v) is 2.41. The van der Waals surface area contributed by atoms with Gasteiger partial charge in [-0.15, -0.1) is 0 Å². The van der Waals surface area contributed by atoms with Crippen LogP contribution in [-0.2, 0) is 0 Å². The van der Waals surface area contributed by atoms with Crippen LogP contribution in [-0.4, -0.2) is 15.1 Å². The van der Waals surface area contributed by atoms with E-state index in [0.29, 0.717) is 16.9 Å². The molecule has 2 aromatic heterocycles. The second-order valence-corrected chi connectivity index (χ2v) is 7.14. The van der Waals surface area contributed by atoms with Gasteiger partial charge < -0.3 is 9.84 Å². The molecular formula is C24H13Cl2F3N4O2. The summed E-state index contributed by atoms with van der Waals surface area (Å²) < 4.78 is 42.6. The first-order valence-corrected chi connectivity index (χ1v) is 10.1. The van der Waals surface area contributed by atoms with Crippen molar-refractivity contribution in [2.24, 2.45) is 0 Å². The average molecular weight is 517 g/mol. The third kappa shape index (κ3) is 9.22. The number of nitriles is 2. The number of hydrogen-bond donors (Lipinski definition) is 1. The summed E-state index contributed by atoms with van der Waals surface area (Å²) in [5, 5.41) is 25.9. The zero-order valence-corrected chi connectivity index (χ0v) is 19.0. The lowest BCUT2D eigenvalue weighted by Gasteiger charge is -2.05. The normalized spacial score (nSPS) is 9.34. The molecular weight excluding hydrogens is 504 g/mol. The number of aromatic hydroxyl groups is 1. The van der Waals surface area contributed by atoms with E-state index in [9.17, 15) is 13.2 Å². The topological polar surface area (TPSA) is 103 Å². The Bertz CT molecular complexity index is 1360. The molecule has 6 nitrogen and oxygen atoms in total. The summed E-state index contributed by atoms with van der Waals surface area (Å²) >= 11 is 10.8. The summed E-state index contributed by atoms with van der Waals surface area (Å²) in [6, 6.07) is 18.3. The Morgan fingerprint density at radius 2 is 1.23 bits per heavy atom. The Balaban J connectivity index is 0.000000203. The minimum Gasteiger partial charge on any atom is -0.508 e. The van der Waals surface area contributed by atoms with Crippen molar-refractivity contribution in [3.8, 4) is 29.5 Å². The summed E-state index contributed by atoms with van der Waals surface area (Å²) in [4.78, 5) is 6.73. The highest BCUT2D eigenvalue weighted by Gasteiger charge is 2.07. The molecule has 0 bridgehead atoms. The van der Waals surface area contributed by atoms with E-state index in [1.165, 1.54) is 18.3 Å². The fraction of sp³-hybridized carbons (Fsp3) is 0. The second kappa shape index (κ2) is 13.4. The molecule has 0 amide bonds. The predicted octanol–water partition coefficient (Wildman–Crippen LogP) is 6.82. The van der Waals surface area contributed by atoms with Crippen molar-refractivity contribution in [3.05, 3.63) is 112 Å². The molecule has 0 unspecified atom stereocenters. The molecule has 0 aliphatic carbocycles. The Kier molecular flexibility index (Phi) is 10.3. The molecule has 0 saturated heterocycles. The SMILES string of the molecule is Fc1cc(Cl)cnc1F.N#Cc1ccc(O)cc1.N#Cc1ccc(Oc2ncc(Cl)cc2F)cc1. The Morgan fingerprint density at radius 3 is 1.69 bits per heavy atom. The van der Waals surface area contributed by atoms with Gasteiger partial charge in [0.05, 0.1) is 33.3 Å². The lowest BCUT2D eigenvalue weighted by atomic mass is 10.2. The van der Waals surface area contributed by atoms with Crippen LogP contribution in [0.15, 0.2) is 73.1 Å². The molecule has 0 aliphatic rings. The van der Waals surface area contributed by atoms with Crippen molar-refractivity contribution in [1.82, 2.24) is 9.97 Å². The molecule has 4 rings (SSSR count). The molecule has 2 heterocycles. The van der Waals surface area contributed by atoms with Crippen LogP contribution in [0.2, 0.25) is 10.0 Å². The zero-order chi connectivity index (χ0) is 25.8. The van der Waals surface area contributed by atoms with Crippen LogP contribution in [0.3, 0.4) is 0 Å². The van der Waals surface area contributed by atoms with Crippen molar-refractivity contribution in [2.75, 3.05) is 0 Å². The number of phenols is 1. The summed E-state index contributed by atoms with van der Waals surface area (Å²) in [6.07, 6.45) is 2.34. The quantitative estimate of drug-likeness (QED) is 0.293. The van der Waals surface area contributed by atoms with Gasteiger partial charge in [-0.25, -0.2) is 18.7 Å². The minimum atomic E-state index is -1.13. The number of hydrogen-bond acceptors (Lipinski definition) is 6. The molecule has 0 spiro atoms. The number of pyridine rings is 2. The molecule has 0 atom stereocenters. The number of benzene rings is 2. The Hall–Kier alpha value is -4.31. The third-order valence-corrected chi connectivity index (χ3v) is 4.14. The largest absolute Gasteiger partial charge is 0.508 e. The van der Waals surface area contributed by atoms with Crippen molar-refractivity contribution in [2.45, 2.75) is 0 Å². The lowest BCUT2D eigenvalue weighted by molar-refractivity contribution is 0.423. The Morgan fingerprint density at radius 1 is 0.743 bits per heavy atom. The number of aromatic nitrogens is 2. The van der Waals surface area contributed by atoms with Crippen LogP contribution >= 0.6 is 23.2 Å².